The van der Waals surface area contributed by atoms with E-state index >= 15 is 4.39 Å². The number of carbonyl (C=O) groups is 1. The van der Waals surface area contributed by atoms with E-state index < -0.39 is 11.5 Å². The first-order chi connectivity index (χ1) is 10.5. The number of hydrogen-bond donors (Lipinski definition) is 0. The molecule has 2 heterocycles. The second-order valence-corrected chi connectivity index (χ2v) is 6.41. The zero-order valence-corrected chi connectivity index (χ0v) is 12.8. The molecule has 0 spiro atoms. The molecule has 0 radical (unpaired) electrons. The van der Waals surface area contributed by atoms with E-state index in [2.05, 4.69) is 0 Å². The minimum Gasteiger partial charge on any atom is -0.381 e. The Bertz CT molecular complexity index is 552. The first-order valence-corrected chi connectivity index (χ1v) is 7.81. The molecule has 120 valence electrons. The summed E-state index contributed by atoms with van der Waals surface area (Å²) in [5.74, 6) is -0.629. The van der Waals surface area contributed by atoms with Crippen molar-refractivity contribution in [2.45, 2.75) is 31.9 Å². The van der Waals surface area contributed by atoms with Gasteiger partial charge in [-0.1, -0.05) is 6.07 Å². The number of hydrogen-bond acceptors (Lipinski definition) is 2. The minimum absolute atomic E-state index is 0.00519. The maximum Gasteiger partial charge on any atom is 0.228 e. The van der Waals surface area contributed by atoms with Crippen LogP contribution in [0.15, 0.2) is 18.2 Å². The molecular weight excluding hydrogens is 288 g/mol. The van der Waals surface area contributed by atoms with Crippen LogP contribution in [0.2, 0.25) is 0 Å². The van der Waals surface area contributed by atoms with E-state index in [1.165, 1.54) is 12.1 Å². The number of nitrogens with zero attached hydrogens (tertiary/aromatic N) is 1. The molecular formula is C17H21F2NO2. The van der Waals surface area contributed by atoms with E-state index in [4.69, 9.17) is 4.74 Å². The third-order valence-corrected chi connectivity index (χ3v) is 4.60. The van der Waals surface area contributed by atoms with Crippen molar-refractivity contribution in [3.8, 4) is 0 Å². The van der Waals surface area contributed by atoms with Crippen LogP contribution < -0.4 is 0 Å². The maximum atomic E-state index is 15.2. The molecule has 3 rings (SSSR count). The van der Waals surface area contributed by atoms with Gasteiger partial charge in [-0.3, -0.25) is 4.79 Å². The van der Waals surface area contributed by atoms with Crippen molar-refractivity contribution in [3.63, 3.8) is 0 Å². The molecule has 5 heteroatoms. The van der Waals surface area contributed by atoms with Gasteiger partial charge in [0.15, 0.2) is 5.67 Å². The van der Waals surface area contributed by atoms with E-state index in [1.807, 2.05) is 0 Å². The van der Waals surface area contributed by atoms with Crippen molar-refractivity contribution in [1.29, 1.82) is 0 Å². The number of aryl methyl sites for hydroxylation is 1. The predicted octanol–water partition coefficient (Wildman–Crippen LogP) is 2.96. The monoisotopic (exact) mass is 309 g/mol. The van der Waals surface area contributed by atoms with E-state index in [0.717, 1.165) is 12.8 Å². The van der Waals surface area contributed by atoms with Gasteiger partial charge in [0.2, 0.25) is 5.91 Å². The highest BCUT2D eigenvalue weighted by molar-refractivity contribution is 5.79. The highest BCUT2D eigenvalue weighted by Crippen LogP contribution is 2.37. The molecule has 0 aliphatic carbocycles. The number of amides is 1. The molecule has 2 aliphatic rings. The summed E-state index contributed by atoms with van der Waals surface area (Å²) in [5.41, 5.74) is -0.629. The summed E-state index contributed by atoms with van der Waals surface area (Å²) >= 11 is 0. The van der Waals surface area contributed by atoms with Crippen LogP contribution in [-0.2, 0) is 15.2 Å². The third-order valence-electron chi connectivity index (χ3n) is 4.60. The molecule has 0 saturated carbocycles. The molecule has 0 aromatic heterocycles. The first kappa shape index (κ1) is 15.4. The zero-order valence-electron chi connectivity index (χ0n) is 12.8. The fraction of sp³-hybridized carbons (Fsp3) is 0.588. The predicted molar refractivity (Wildman–Crippen MR) is 78.7 cm³/mol. The lowest BCUT2D eigenvalue weighted by Crippen LogP contribution is -2.39. The average Bonchev–Trinajstić information content (AvgIpc) is 2.90. The van der Waals surface area contributed by atoms with Crippen LogP contribution in [0, 0.1) is 18.7 Å². The van der Waals surface area contributed by atoms with Crippen LogP contribution in [0.3, 0.4) is 0 Å². The van der Waals surface area contributed by atoms with Gasteiger partial charge in [-0.2, -0.15) is 0 Å². The largest absolute Gasteiger partial charge is 0.381 e. The summed E-state index contributed by atoms with van der Waals surface area (Å²) in [4.78, 5) is 14.0. The lowest BCUT2D eigenvalue weighted by Gasteiger charge is -2.27. The summed E-state index contributed by atoms with van der Waals surface area (Å²) in [5, 5.41) is 0. The summed E-state index contributed by atoms with van der Waals surface area (Å²) in [6.45, 7) is 3.24. The van der Waals surface area contributed by atoms with Crippen LogP contribution in [-0.4, -0.2) is 37.1 Å². The maximum absolute atomic E-state index is 15.2. The smallest absolute Gasteiger partial charge is 0.228 e. The number of carbonyl (C=O) groups excluding carboxylic acids is 1. The average molecular weight is 309 g/mol. The fourth-order valence-corrected chi connectivity index (χ4v) is 3.39. The standard InChI is InChI=1S/C17H21F2NO2/c1-12-7-14(9-15(18)8-12)17(19)4-5-20(11-17)16(21)13-3-2-6-22-10-13/h7-9,13H,2-6,10-11H2,1H3. The molecule has 2 unspecified atom stereocenters. The number of ether oxygens (including phenoxy) is 1. The van der Waals surface area contributed by atoms with E-state index in [1.54, 1.807) is 17.9 Å². The van der Waals surface area contributed by atoms with Crippen LogP contribution in [0.5, 0.6) is 0 Å². The number of rotatable bonds is 2. The molecule has 3 nitrogen and oxygen atoms in total. The quantitative estimate of drug-likeness (QED) is 0.840. The Morgan fingerprint density at radius 3 is 2.91 bits per heavy atom. The van der Waals surface area contributed by atoms with Gasteiger partial charge in [0.05, 0.1) is 19.1 Å². The molecule has 2 fully saturated rings. The number of likely N-dealkylation sites (tertiary alicyclic amines) is 1. The van der Waals surface area contributed by atoms with E-state index in [0.29, 0.717) is 30.9 Å². The van der Waals surface area contributed by atoms with Crippen molar-refractivity contribution >= 4 is 5.91 Å². The Hall–Kier alpha value is -1.49. The summed E-state index contributed by atoms with van der Waals surface area (Å²) in [6.07, 6.45) is 1.89. The highest BCUT2D eigenvalue weighted by Gasteiger charge is 2.43. The van der Waals surface area contributed by atoms with Gasteiger partial charge in [-0.25, -0.2) is 8.78 Å². The third kappa shape index (κ3) is 3.00. The Kier molecular flexibility index (Phi) is 4.17. The normalized spacial score (nSPS) is 28.9. The van der Waals surface area contributed by atoms with Gasteiger partial charge in [0.25, 0.3) is 0 Å². The summed E-state index contributed by atoms with van der Waals surface area (Å²) in [6, 6.07) is 4.29. The molecule has 1 amide bonds. The van der Waals surface area contributed by atoms with Gasteiger partial charge in [-0.05, 0) is 43.0 Å². The molecule has 1 aromatic rings. The van der Waals surface area contributed by atoms with Gasteiger partial charge in [0.1, 0.15) is 5.82 Å². The van der Waals surface area contributed by atoms with Crippen molar-refractivity contribution < 1.29 is 18.3 Å². The fourth-order valence-electron chi connectivity index (χ4n) is 3.39. The highest BCUT2D eigenvalue weighted by atomic mass is 19.1. The molecule has 22 heavy (non-hydrogen) atoms. The second kappa shape index (κ2) is 5.95. The number of benzene rings is 1. The van der Waals surface area contributed by atoms with Gasteiger partial charge < -0.3 is 9.64 Å². The molecule has 2 aliphatic heterocycles. The van der Waals surface area contributed by atoms with Crippen LogP contribution >= 0.6 is 0 Å². The van der Waals surface area contributed by atoms with Crippen LogP contribution in [0.25, 0.3) is 0 Å². The summed E-state index contributed by atoms with van der Waals surface area (Å²) in [7, 11) is 0. The van der Waals surface area contributed by atoms with Gasteiger partial charge in [-0.15, -0.1) is 0 Å². The first-order valence-electron chi connectivity index (χ1n) is 7.81. The van der Waals surface area contributed by atoms with Gasteiger partial charge >= 0.3 is 0 Å². The second-order valence-electron chi connectivity index (χ2n) is 6.41. The zero-order chi connectivity index (χ0) is 15.7. The van der Waals surface area contributed by atoms with Crippen LogP contribution in [0.1, 0.15) is 30.4 Å². The Morgan fingerprint density at radius 1 is 1.41 bits per heavy atom. The van der Waals surface area contributed by atoms with Crippen molar-refractivity contribution in [3.05, 3.63) is 35.1 Å². The molecule has 2 atom stereocenters. The van der Waals surface area contributed by atoms with E-state index in [9.17, 15) is 9.18 Å². The molecule has 1 aromatic carbocycles. The number of halogens is 2. The Labute approximate surface area is 129 Å². The minimum atomic E-state index is -1.65. The van der Waals surface area contributed by atoms with Crippen molar-refractivity contribution in [2.75, 3.05) is 26.3 Å². The Balaban J connectivity index is 1.73. The van der Waals surface area contributed by atoms with Gasteiger partial charge in [0, 0.05) is 19.6 Å². The van der Waals surface area contributed by atoms with Crippen LogP contribution in [0.4, 0.5) is 8.78 Å². The molecule has 0 N–H and O–H groups in total. The van der Waals surface area contributed by atoms with E-state index in [-0.39, 0.29) is 24.8 Å². The van der Waals surface area contributed by atoms with Crippen molar-refractivity contribution in [2.24, 2.45) is 5.92 Å². The molecule has 2 saturated heterocycles. The SMILES string of the molecule is Cc1cc(F)cc(C2(F)CCN(C(=O)C3CCCOC3)C2)c1. The van der Waals surface area contributed by atoms with Crippen molar-refractivity contribution in [1.82, 2.24) is 4.90 Å². The lowest BCUT2D eigenvalue weighted by atomic mass is 9.93. The lowest BCUT2D eigenvalue weighted by molar-refractivity contribution is -0.139. The molecule has 0 bridgehead atoms. The summed E-state index contributed by atoms with van der Waals surface area (Å²) < 4.78 is 34.1. The Morgan fingerprint density at radius 2 is 2.23 bits per heavy atom. The number of alkyl halides is 1. The topological polar surface area (TPSA) is 29.5 Å².